The quantitative estimate of drug-likeness (QED) is 0.849. The molecule has 1 amide bonds. The first-order chi connectivity index (χ1) is 11.9. The minimum atomic E-state index is -1.16. The van der Waals surface area contributed by atoms with E-state index in [1.54, 1.807) is 0 Å². The summed E-state index contributed by atoms with van der Waals surface area (Å²) < 4.78 is 1.32. The number of carbonyl (C=O) groups excluding carboxylic acids is 1. The lowest BCUT2D eigenvalue weighted by molar-refractivity contribution is -0.122. The zero-order chi connectivity index (χ0) is 18.1. The van der Waals surface area contributed by atoms with Crippen molar-refractivity contribution in [2.75, 3.05) is 0 Å². The Labute approximate surface area is 148 Å². The molecule has 25 heavy (non-hydrogen) atoms. The van der Waals surface area contributed by atoms with E-state index >= 15 is 0 Å². The van der Waals surface area contributed by atoms with Crippen LogP contribution in [-0.2, 0) is 11.3 Å². The molecule has 0 atom stereocenters. The standard InChI is InChI=1S/C17H21N3O4S/c1-9(2)14-19-15-13(11(8-25-15)17(23)24)16(22)20(14)7-12(21)18-10-5-3-4-6-10/h8-10H,3-7H2,1-2H3,(H,18,21)(H,23,24). The van der Waals surface area contributed by atoms with Crippen LogP contribution in [0.5, 0.6) is 0 Å². The van der Waals surface area contributed by atoms with E-state index in [9.17, 15) is 19.5 Å². The molecule has 7 nitrogen and oxygen atoms in total. The van der Waals surface area contributed by atoms with Crippen molar-refractivity contribution in [2.45, 2.75) is 58.0 Å². The third-order valence-corrected chi connectivity index (χ3v) is 5.36. The van der Waals surface area contributed by atoms with Crippen LogP contribution >= 0.6 is 11.3 Å². The number of nitrogens with one attached hydrogen (secondary N) is 1. The van der Waals surface area contributed by atoms with Crippen molar-refractivity contribution in [3.05, 3.63) is 27.1 Å². The molecular formula is C17H21N3O4S. The summed E-state index contributed by atoms with van der Waals surface area (Å²) >= 11 is 1.14. The van der Waals surface area contributed by atoms with Crippen molar-refractivity contribution in [3.8, 4) is 0 Å². The molecule has 2 aromatic heterocycles. The summed E-state index contributed by atoms with van der Waals surface area (Å²) in [5.74, 6) is -0.960. The number of rotatable bonds is 5. The van der Waals surface area contributed by atoms with Gasteiger partial charge in [0.15, 0.2) is 0 Å². The summed E-state index contributed by atoms with van der Waals surface area (Å²) in [6.07, 6.45) is 4.13. The third-order valence-electron chi connectivity index (χ3n) is 4.49. The maximum absolute atomic E-state index is 12.9. The number of aromatic nitrogens is 2. The molecule has 1 aliphatic rings. The first kappa shape index (κ1) is 17.6. The van der Waals surface area contributed by atoms with Gasteiger partial charge < -0.3 is 10.4 Å². The van der Waals surface area contributed by atoms with Gasteiger partial charge in [-0.2, -0.15) is 0 Å². The Hall–Kier alpha value is -2.22. The Morgan fingerprint density at radius 1 is 1.40 bits per heavy atom. The Bertz CT molecular complexity index is 878. The molecular weight excluding hydrogens is 342 g/mol. The smallest absolute Gasteiger partial charge is 0.337 e. The summed E-state index contributed by atoms with van der Waals surface area (Å²) in [4.78, 5) is 41.5. The number of carboxylic acids is 1. The van der Waals surface area contributed by atoms with Gasteiger partial charge in [0.25, 0.3) is 5.56 Å². The van der Waals surface area contributed by atoms with E-state index in [4.69, 9.17) is 0 Å². The van der Waals surface area contributed by atoms with Crippen LogP contribution in [0.2, 0.25) is 0 Å². The number of amides is 1. The number of hydrogen-bond donors (Lipinski definition) is 2. The molecule has 2 N–H and O–H groups in total. The Balaban J connectivity index is 2.01. The van der Waals surface area contributed by atoms with Gasteiger partial charge in [-0.15, -0.1) is 11.3 Å². The maximum Gasteiger partial charge on any atom is 0.337 e. The molecule has 134 valence electrons. The lowest BCUT2D eigenvalue weighted by Crippen LogP contribution is -2.39. The number of fused-ring (bicyclic) bond motifs is 1. The van der Waals surface area contributed by atoms with E-state index in [-0.39, 0.29) is 35.4 Å². The summed E-state index contributed by atoms with van der Waals surface area (Å²) in [5.41, 5.74) is -0.522. The van der Waals surface area contributed by atoms with Crippen molar-refractivity contribution >= 4 is 33.4 Å². The molecule has 0 aromatic carbocycles. The second-order valence-corrected chi connectivity index (χ2v) is 7.56. The van der Waals surface area contributed by atoms with Gasteiger partial charge >= 0.3 is 5.97 Å². The Kier molecular flexibility index (Phi) is 4.89. The molecule has 0 saturated heterocycles. The molecule has 2 aromatic rings. The number of nitrogens with zero attached hydrogens (tertiary/aromatic N) is 2. The van der Waals surface area contributed by atoms with Gasteiger partial charge in [0.05, 0.1) is 10.9 Å². The van der Waals surface area contributed by atoms with Crippen LogP contribution in [0.25, 0.3) is 10.2 Å². The highest BCUT2D eigenvalue weighted by atomic mass is 32.1. The number of carboxylic acid groups (broad SMARTS) is 1. The predicted molar refractivity (Wildman–Crippen MR) is 95.3 cm³/mol. The van der Waals surface area contributed by atoms with Gasteiger partial charge in [-0.1, -0.05) is 26.7 Å². The van der Waals surface area contributed by atoms with Crippen LogP contribution in [-0.4, -0.2) is 32.6 Å². The number of hydrogen-bond acceptors (Lipinski definition) is 5. The summed E-state index contributed by atoms with van der Waals surface area (Å²) in [7, 11) is 0. The minimum absolute atomic E-state index is 0.0576. The summed E-state index contributed by atoms with van der Waals surface area (Å²) in [6.45, 7) is 3.65. The fraction of sp³-hybridized carbons (Fsp3) is 0.529. The Morgan fingerprint density at radius 3 is 2.68 bits per heavy atom. The Morgan fingerprint density at radius 2 is 2.08 bits per heavy atom. The van der Waals surface area contributed by atoms with Crippen LogP contribution in [0.3, 0.4) is 0 Å². The SMILES string of the molecule is CC(C)c1nc2scc(C(=O)O)c2c(=O)n1CC(=O)NC1CCCC1. The van der Waals surface area contributed by atoms with E-state index in [0.717, 1.165) is 37.0 Å². The molecule has 1 fully saturated rings. The van der Waals surface area contributed by atoms with E-state index < -0.39 is 11.5 Å². The molecule has 8 heteroatoms. The highest BCUT2D eigenvalue weighted by Crippen LogP contribution is 2.24. The van der Waals surface area contributed by atoms with Crippen molar-refractivity contribution in [1.29, 1.82) is 0 Å². The molecule has 1 saturated carbocycles. The van der Waals surface area contributed by atoms with Gasteiger partial charge in [0, 0.05) is 17.3 Å². The van der Waals surface area contributed by atoms with E-state index in [0.29, 0.717) is 10.7 Å². The van der Waals surface area contributed by atoms with Crippen molar-refractivity contribution in [2.24, 2.45) is 0 Å². The van der Waals surface area contributed by atoms with Gasteiger partial charge in [0.1, 0.15) is 17.2 Å². The van der Waals surface area contributed by atoms with Crippen LogP contribution in [0.1, 0.15) is 61.6 Å². The van der Waals surface area contributed by atoms with Crippen LogP contribution in [0, 0.1) is 0 Å². The predicted octanol–water partition coefficient (Wildman–Crippen LogP) is 2.34. The van der Waals surface area contributed by atoms with E-state index in [1.807, 2.05) is 13.8 Å². The van der Waals surface area contributed by atoms with Crippen LogP contribution in [0.4, 0.5) is 0 Å². The average Bonchev–Trinajstić information content (AvgIpc) is 3.18. The second-order valence-electron chi connectivity index (χ2n) is 6.70. The molecule has 0 spiro atoms. The monoisotopic (exact) mass is 363 g/mol. The zero-order valence-electron chi connectivity index (χ0n) is 14.2. The highest BCUT2D eigenvalue weighted by Gasteiger charge is 2.23. The topological polar surface area (TPSA) is 101 Å². The lowest BCUT2D eigenvalue weighted by Gasteiger charge is -2.17. The molecule has 2 heterocycles. The maximum atomic E-state index is 12.9. The van der Waals surface area contributed by atoms with Gasteiger partial charge in [-0.25, -0.2) is 9.78 Å². The second kappa shape index (κ2) is 6.95. The number of aromatic carboxylic acids is 1. The molecule has 1 aliphatic carbocycles. The highest BCUT2D eigenvalue weighted by molar-refractivity contribution is 7.17. The molecule has 0 aliphatic heterocycles. The van der Waals surface area contributed by atoms with Crippen LogP contribution in [0.15, 0.2) is 10.2 Å². The molecule has 0 unspecified atom stereocenters. The number of carbonyl (C=O) groups is 2. The van der Waals surface area contributed by atoms with Crippen molar-refractivity contribution in [1.82, 2.24) is 14.9 Å². The largest absolute Gasteiger partial charge is 0.478 e. The number of thiophene rings is 1. The fourth-order valence-corrected chi connectivity index (χ4v) is 4.19. The fourth-order valence-electron chi connectivity index (χ4n) is 3.28. The summed E-state index contributed by atoms with van der Waals surface area (Å²) in [5, 5.41) is 13.8. The minimum Gasteiger partial charge on any atom is -0.478 e. The van der Waals surface area contributed by atoms with Crippen molar-refractivity contribution < 1.29 is 14.7 Å². The molecule has 0 bridgehead atoms. The van der Waals surface area contributed by atoms with E-state index in [1.165, 1.54) is 9.95 Å². The first-order valence-corrected chi connectivity index (χ1v) is 9.31. The van der Waals surface area contributed by atoms with E-state index in [2.05, 4.69) is 10.3 Å². The third kappa shape index (κ3) is 3.44. The normalized spacial score (nSPS) is 15.2. The first-order valence-electron chi connectivity index (χ1n) is 8.43. The van der Waals surface area contributed by atoms with Gasteiger partial charge in [-0.05, 0) is 12.8 Å². The average molecular weight is 363 g/mol. The van der Waals surface area contributed by atoms with Crippen molar-refractivity contribution in [3.63, 3.8) is 0 Å². The van der Waals surface area contributed by atoms with Gasteiger partial charge in [-0.3, -0.25) is 14.2 Å². The molecule has 0 radical (unpaired) electrons. The molecule has 3 rings (SSSR count). The van der Waals surface area contributed by atoms with Crippen LogP contribution < -0.4 is 10.9 Å². The lowest BCUT2D eigenvalue weighted by atomic mass is 10.1. The summed E-state index contributed by atoms with van der Waals surface area (Å²) in [6, 6.07) is 0.165. The van der Waals surface area contributed by atoms with Gasteiger partial charge in [0.2, 0.25) is 5.91 Å². The zero-order valence-corrected chi connectivity index (χ0v) is 15.1.